The highest BCUT2D eigenvalue weighted by Gasteiger charge is 2.40. The van der Waals surface area contributed by atoms with E-state index in [2.05, 4.69) is 58.8 Å². The molecule has 4 rings (SSSR count). The van der Waals surface area contributed by atoms with Crippen LogP contribution in [-0.2, 0) is 20.0 Å². The fourth-order valence-corrected chi connectivity index (χ4v) is 4.69. The molecule has 0 aliphatic carbocycles. The summed E-state index contributed by atoms with van der Waals surface area (Å²) in [5.74, 6) is 0. The van der Waals surface area contributed by atoms with Crippen molar-refractivity contribution in [1.29, 1.82) is 0 Å². The average molecular weight is 338 g/mol. The number of aryl methyl sites for hydroxylation is 1. The summed E-state index contributed by atoms with van der Waals surface area (Å²) in [6.45, 7) is 2.19. The van der Waals surface area contributed by atoms with E-state index in [1.807, 2.05) is 10.9 Å². The zero-order valence-electron chi connectivity index (χ0n) is 15.3. The van der Waals surface area contributed by atoms with Crippen LogP contribution in [0.15, 0.2) is 42.6 Å². The SMILES string of the molecule is Cn1nccc1CN1[C@H](Cc2ccccc2)C[C@@H]2NCCCCC[C@H]21. The lowest BCUT2D eigenvalue weighted by Crippen LogP contribution is -2.44. The van der Waals surface area contributed by atoms with E-state index in [1.54, 1.807) is 0 Å². The van der Waals surface area contributed by atoms with Gasteiger partial charge in [0.2, 0.25) is 0 Å². The molecule has 3 atom stereocenters. The Labute approximate surface area is 151 Å². The fraction of sp³-hybridized carbons (Fsp3) is 0.571. The summed E-state index contributed by atoms with van der Waals surface area (Å²) >= 11 is 0. The third-order valence-corrected chi connectivity index (χ3v) is 6.05. The number of aromatic nitrogens is 2. The first-order valence-corrected chi connectivity index (χ1v) is 9.81. The summed E-state index contributed by atoms with van der Waals surface area (Å²) in [6, 6.07) is 15.1. The van der Waals surface area contributed by atoms with Crippen LogP contribution in [0, 0.1) is 0 Å². The number of hydrogen-bond acceptors (Lipinski definition) is 3. The van der Waals surface area contributed by atoms with E-state index in [0.29, 0.717) is 18.1 Å². The number of fused-ring (bicyclic) bond motifs is 1. The maximum absolute atomic E-state index is 4.38. The zero-order valence-corrected chi connectivity index (χ0v) is 15.3. The first kappa shape index (κ1) is 16.8. The van der Waals surface area contributed by atoms with Crippen LogP contribution < -0.4 is 5.32 Å². The Morgan fingerprint density at radius 2 is 2.00 bits per heavy atom. The van der Waals surface area contributed by atoms with Crippen molar-refractivity contribution in [2.75, 3.05) is 6.54 Å². The van der Waals surface area contributed by atoms with Crippen LogP contribution in [0.1, 0.15) is 43.4 Å². The highest BCUT2D eigenvalue weighted by atomic mass is 15.3. The molecule has 4 heteroatoms. The molecule has 0 saturated carbocycles. The minimum atomic E-state index is 0.609. The normalized spacial score (nSPS) is 27.6. The van der Waals surface area contributed by atoms with Crippen LogP contribution in [-0.4, -0.2) is 39.4 Å². The summed E-state index contributed by atoms with van der Waals surface area (Å²) < 4.78 is 2.03. The Kier molecular flexibility index (Phi) is 5.18. The highest BCUT2D eigenvalue weighted by molar-refractivity contribution is 5.17. The molecule has 0 radical (unpaired) electrons. The highest BCUT2D eigenvalue weighted by Crippen LogP contribution is 2.33. The molecule has 2 aliphatic rings. The lowest BCUT2D eigenvalue weighted by molar-refractivity contribution is 0.155. The number of nitrogens with zero attached hydrogens (tertiary/aromatic N) is 3. The van der Waals surface area contributed by atoms with Crippen LogP contribution in [0.25, 0.3) is 0 Å². The molecule has 134 valence electrons. The van der Waals surface area contributed by atoms with E-state index < -0.39 is 0 Å². The molecular weight excluding hydrogens is 308 g/mol. The second-order valence-corrected chi connectivity index (χ2v) is 7.68. The zero-order chi connectivity index (χ0) is 17.1. The third kappa shape index (κ3) is 3.80. The van der Waals surface area contributed by atoms with Gasteiger partial charge in [-0.3, -0.25) is 9.58 Å². The van der Waals surface area contributed by atoms with Gasteiger partial charge in [-0.1, -0.05) is 43.2 Å². The van der Waals surface area contributed by atoms with Crippen molar-refractivity contribution in [3.05, 3.63) is 53.9 Å². The van der Waals surface area contributed by atoms with E-state index in [1.165, 1.54) is 49.9 Å². The van der Waals surface area contributed by atoms with Gasteiger partial charge in [-0.2, -0.15) is 5.10 Å². The summed E-state index contributed by atoms with van der Waals surface area (Å²) in [7, 11) is 2.06. The van der Waals surface area contributed by atoms with Gasteiger partial charge in [-0.15, -0.1) is 0 Å². The van der Waals surface area contributed by atoms with E-state index in [9.17, 15) is 0 Å². The summed E-state index contributed by atoms with van der Waals surface area (Å²) in [5.41, 5.74) is 2.78. The molecule has 3 heterocycles. The predicted molar refractivity (Wildman–Crippen MR) is 101 cm³/mol. The van der Waals surface area contributed by atoms with Gasteiger partial charge in [0, 0.05) is 37.9 Å². The van der Waals surface area contributed by atoms with Gasteiger partial charge in [-0.25, -0.2) is 0 Å². The van der Waals surface area contributed by atoms with Crippen molar-refractivity contribution in [3.8, 4) is 0 Å². The maximum Gasteiger partial charge on any atom is 0.0521 e. The van der Waals surface area contributed by atoms with E-state index in [4.69, 9.17) is 0 Å². The monoisotopic (exact) mass is 338 g/mol. The van der Waals surface area contributed by atoms with Crippen molar-refractivity contribution in [2.45, 2.75) is 63.2 Å². The average Bonchev–Trinajstić information content (AvgIpc) is 3.14. The van der Waals surface area contributed by atoms with Gasteiger partial charge in [0.1, 0.15) is 0 Å². The summed E-state index contributed by atoms with van der Waals surface area (Å²) in [5, 5.41) is 8.24. The van der Waals surface area contributed by atoms with Crippen molar-refractivity contribution >= 4 is 0 Å². The fourth-order valence-electron chi connectivity index (χ4n) is 4.69. The quantitative estimate of drug-likeness (QED) is 0.930. The minimum Gasteiger partial charge on any atom is -0.312 e. The number of likely N-dealkylation sites (tertiary alicyclic amines) is 1. The maximum atomic E-state index is 4.38. The van der Waals surface area contributed by atoms with Gasteiger partial charge in [0.15, 0.2) is 0 Å². The number of hydrogen-bond donors (Lipinski definition) is 1. The van der Waals surface area contributed by atoms with Gasteiger partial charge < -0.3 is 5.32 Å². The Morgan fingerprint density at radius 3 is 2.80 bits per heavy atom. The lowest BCUT2D eigenvalue weighted by atomic mass is 9.98. The predicted octanol–water partition coefficient (Wildman–Crippen LogP) is 3.14. The lowest BCUT2D eigenvalue weighted by Gasteiger charge is -2.33. The molecule has 2 fully saturated rings. The largest absolute Gasteiger partial charge is 0.312 e. The molecule has 0 unspecified atom stereocenters. The third-order valence-electron chi connectivity index (χ3n) is 6.05. The molecule has 0 bridgehead atoms. The van der Waals surface area contributed by atoms with Gasteiger partial charge in [0.05, 0.1) is 5.69 Å². The molecule has 2 saturated heterocycles. The molecule has 0 amide bonds. The first-order valence-electron chi connectivity index (χ1n) is 9.81. The van der Waals surface area contributed by atoms with E-state index in [0.717, 1.165) is 13.0 Å². The second-order valence-electron chi connectivity index (χ2n) is 7.68. The van der Waals surface area contributed by atoms with E-state index in [-0.39, 0.29) is 0 Å². The molecule has 1 aromatic carbocycles. The topological polar surface area (TPSA) is 33.1 Å². The minimum absolute atomic E-state index is 0.609. The number of rotatable bonds is 4. The molecule has 0 spiro atoms. The summed E-state index contributed by atoms with van der Waals surface area (Å²) in [6.07, 6.45) is 9.70. The number of nitrogens with one attached hydrogen (secondary N) is 1. The van der Waals surface area contributed by atoms with Gasteiger partial charge in [-0.05, 0) is 43.9 Å². The molecule has 1 N–H and O–H groups in total. The molecule has 4 nitrogen and oxygen atoms in total. The van der Waals surface area contributed by atoms with Crippen LogP contribution in [0.5, 0.6) is 0 Å². The Balaban J connectivity index is 1.57. The van der Waals surface area contributed by atoms with Crippen molar-refractivity contribution < 1.29 is 0 Å². The second kappa shape index (κ2) is 7.71. The van der Waals surface area contributed by atoms with E-state index >= 15 is 0 Å². The first-order chi connectivity index (χ1) is 12.3. The van der Waals surface area contributed by atoms with Crippen LogP contribution >= 0.6 is 0 Å². The molecule has 2 aromatic rings. The Hall–Kier alpha value is -1.65. The van der Waals surface area contributed by atoms with Crippen LogP contribution in [0.4, 0.5) is 0 Å². The number of benzene rings is 1. The van der Waals surface area contributed by atoms with Crippen LogP contribution in [0.2, 0.25) is 0 Å². The molecule has 25 heavy (non-hydrogen) atoms. The molecular formula is C21H30N4. The Morgan fingerprint density at radius 1 is 1.12 bits per heavy atom. The van der Waals surface area contributed by atoms with Gasteiger partial charge >= 0.3 is 0 Å². The summed E-state index contributed by atoms with van der Waals surface area (Å²) in [4.78, 5) is 2.77. The molecule has 1 aromatic heterocycles. The van der Waals surface area contributed by atoms with Crippen molar-refractivity contribution in [3.63, 3.8) is 0 Å². The van der Waals surface area contributed by atoms with Gasteiger partial charge in [0.25, 0.3) is 0 Å². The molecule has 2 aliphatic heterocycles. The van der Waals surface area contributed by atoms with Crippen molar-refractivity contribution in [1.82, 2.24) is 20.0 Å². The van der Waals surface area contributed by atoms with Crippen LogP contribution in [0.3, 0.4) is 0 Å². The smallest absolute Gasteiger partial charge is 0.0521 e. The van der Waals surface area contributed by atoms with Crippen molar-refractivity contribution in [2.24, 2.45) is 7.05 Å². The standard InChI is InChI=1S/C21H30N4/c1-24-18(11-13-23-24)16-25-19(14-17-8-4-2-5-9-17)15-20-21(25)10-6-3-7-12-22-20/h2,4-5,8-9,11,13,19-22H,3,6-7,10,12,14-16H2,1H3/t19-,20+,21-/m1/s1. The Bertz CT molecular complexity index is 666.